The van der Waals surface area contributed by atoms with E-state index in [0.717, 1.165) is 29.9 Å². The fraction of sp³-hybridized carbons (Fsp3) is 0.235. The van der Waals surface area contributed by atoms with Gasteiger partial charge in [-0.1, -0.05) is 6.07 Å². The van der Waals surface area contributed by atoms with Crippen LogP contribution >= 0.6 is 0 Å². The number of carbonyl (C=O) groups is 1. The molecule has 1 aliphatic heterocycles. The van der Waals surface area contributed by atoms with Gasteiger partial charge in [-0.15, -0.1) is 0 Å². The lowest BCUT2D eigenvalue weighted by atomic mass is 10.0. The first-order chi connectivity index (χ1) is 10.8. The Morgan fingerprint density at radius 2 is 1.95 bits per heavy atom. The molecule has 1 saturated heterocycles. The van der Waals surface area contributed by atoms with E-state index in [1.54, 1.807) is 12.3 Å². The van der Waals surface area contributed by atoms with Gasteiger partial charge in [0.1, 0.15) is 11.9 Å². The van der Waals surface area contributed by atoms with E-state index in [0.29, 0.717) is 17.8 Å². The molecule has 2 aromatic rings. The average molecular weight is 292 g/mol. The molecule has 22 heavy (non-hydrogen) atoms. The average Bonchev–Trinajstić information content (AvgIpc) is 3.09. The van der Waals surface area contributed by atoms with Gasteiger partial charge in [-0.25, -0.2) is 4.98 Å². The van der Waals surface area contributed by atoms with Crippen LogP contribution in [-0.4, -0.2) is 24.5 Å². The Morgan fingerprint density at radius 1 is 1.18 bits per heavy atom. The van der Waals surface area contributed by atoms with Crippen molar-refractivity contribution in [1.29, 1.82) is 5.26 Å². The van der Waals surface area contributed by atoms with Crippen LogP contribution in [0.2, 0.25) is 0 Å². The maximum Gasteiger partial charge on any atom is 0.212 e. The van der Waals surface area contributed by atoms with E-state index in [-0.39, 0.29) is 0 Å². The van der Waals surface area contributed by atoms with E-state index in [2.05, 4.69) is 21.3 Å². The van der Waals surface area contributed by atoms with Crippen molar-refractivity contribution in [2.24, 2.45) is 0 Å². The second-order valence-electron chi connectivity index (χ2n) is 5.23. The molecular weight excluding hydrogens is 276 g/mol. The van der Waals surface area contributed by atoms with Crippen LogP contribution in [-0.2, 0) is 4.79 Å². The number of nitrogens with zero attached hydrogens (tertiary/aromatic N) is 3. The number of carbonyl (C=O) groups excluding carboxylic acids is 1. The van der Waals surface area contributed by atoms with E-state index in [1.165, 1.54) is 12.8 Å². The summed E-state index contributed by atoms with van der Waals surface area (Å²) in [5.74, 6) is 0.495. The van der Waals surface area contributed by atoms with E-state index < -0.39 is 0 Å². The standard InChI is InChI=1S/C17H16N4O/c18-11-15-9-13(3-4-16(15)21-7-1-2-8-21)14-5-6-19-17(10-14)20-12-22/h3-6,9-10,12H,1-2,7-8H2,(H,19,20,22). The van der Waals surface area contributed by atoms with E-state index in [4.69, 9.17) is 0 Å². The van der Waals surface area contributed by atoms with Crippen molar-refractivity contribution in [3.05, 3.63) is 42.1 Å². The van der Waals surface area contributed by atoms with Gasteiger partial charge >= 0.3 is 0 Å². The van der Waals surface area contributed by atoms with Gasteiger partial charge in [0.15, 0.2) is 0 Å². The first-order valence-electron chi connectivity index (χ1n) is 7.27. The Labute approximate surface area is 129 Å². The van der Waals surface area contributed by atoms with Gasteiger partial charge in [-0.2, -0.15) is 5.26 Å². The largest absolute Gasteiger partial charge is 0.370 e. The minimum Gasteiger partial charge on any atom is -0.370 e. The summed E-state index contributed by atoms with van der Waals surface area (Å²) < 4.78 is 0. The van der Waals surface area contributed by atoms with Crippen LogP contribution in [0.5, 0.6) is 0 Å². The summed E-state index contributed by atoms with van der Waals surface area (Å²) in [4.78, 5) is 16.8. The number of nitrogens with one attached hydrogen (secondary N) is 1. The summed E-state index contributed by atoms with van der Waals surface area (Å²) >= 11 is 0. The van der Waals surface area contributed by atoms with Crippen LogP contribution in [0.15, 0.2) is 36.5 Å². The third-order valence-electron chi connectivity index (χ3n) is 3.86. The number of hydrogen-bond donors (Lipinski definition) is 1. The van der Waals surface area contributed by atoms with Crippen LogP contribution in [0.25, 0.3) is 11.1 Å². The number of amides is 1. The summed E-state index contributed by atoms with van der Waals surface area (Å²) in [6, 6.07) is 11.9. The van der Waals surface area contributed by atoms with Gasteiger partial charge in [0.05, 0.1) is 11.3 Å². The SMILES string of the molecule is N#Cc1cc(-c2ccnc(NC=O)c2)ccc1N1CCCC1. The van der Waals surface area contributed by atoms with Gasteiger partial charge in [0.2, 0.25) is 6.41 Å². The van der Waals surface area contributed by atoms with Gasteiger partial charge in [0.25, 0.3) is 0 Å². The molecule has 0 radical (unpaired) electrons. The fourth-order valence-corrected chi connectivity index (χ4v) is 2.79. The third kappa shape index (κ3) is 2.77. The predicted octanol–water partition coefficient (Wildman–Crippen LogP) is 2.79. The number of aromatic nitrogens is 1. The van der Waals surface area contributed by atoms with Crippen LogP contribution < -0.4 is 10.2 Å². The predicted molar refractivity (Wildman–Crippen MR) is 85.5 cm³/mol. The van der Waals surface area contributed by atoms with Crippen molar-refractivity contribution < 1.29 is 4.79 Å². The van der Waals surface area contributed by atoms with Crippen molar-refractivity contribution in [3.8, 4) is 17.2 Å². The minimum absolute atomic E-state index is 0.495. The molecular formula is C17H16N4O. The summed E-state index contributed by atoms with van der Waals surface area (Å²) in [7, 11) is 0. The summed E-state index contributed by atoms with van der Waals surface area (Å²) in [6.07, 6.45) is 4.60. The number of hydrogen-bond acceptors (Lipinski definition) is 4. The number of pyridine rings is 1. The highest BCUT2D eigenvalue weighted by Crippen LogP contribution is 2.29. The molecule has 1 aromatic heterocycles. The highest BCUT2D eigenvalue weighted by atomic mass is 16.1. The summed E-state index contributed by atoms with van der Waals surface area (Å²) in [6.45, 7) is 2.02. The highest BCUT2D eigenvalue weighted by Gasteiger charge is 2.16. The van der Waals surface area contributed by atoms with Crippen LogP contribution in [0.1, 0.15) is 18.4 Å². The molecule has 1 aliphatic rings. The molecule has 3 rings (SSSR count). The first kappa shape index (κ1) is 14.1. The lowest BCUT2D eigenvalue weighted by molar-refractivity contribution is -0.105. The van der Waals surface area contributed by atoms with Crippen LogP contribution in [0, 0.1) is 11.3 Å². The minimum atomic E-state index is 0.495. The molecule has 0 saturated carbocycles. The molecule has 110 valence electrons. The lowest BCUT2D eigenvalue weighted by Gasteiger charge is -2.19. The van der Waals surface area contributed by atoms with E-state index in [1.807, 2.05) is 24.3 Å². The first-order valence-corrected chi connectivity index (χ1v) is 7.27. The summed E-state index contributed by atoms with van der Waals surface area (Å²) in [5.41, 5.74) is 3.55. The second-order valence-corrected chi connectivity index (χ2v) is 5.23. The van der Waals surface area contributed by atoms with Crippen molar-refractivity contribution in [2.45, 2.75) is 12.8 Å². The topological polar surface area (TPSA) is 69.0 Å². The molecule has 1 amide bonds. The van der Waals surface area contributed by atoms with E-state index >= 15 is 0 Å². The van der Waals surface area contributed by atoms with Gasteiger partial charge in [-0.3, -0.25) is 4.79 Å². The van der Waals surface area contributed by atoms with Gasteiger partial charge in [0, 0.05) is 19.3 Å². The summed E-state index contributed by atoms with van der Waals surface area (Å²) in [5, 5.41) is 12.0. The number of anilines is 2. The third-order valence-corrected chi connectivity index (χ3v) is 3.86. The Hall–Kier alpha value is -2.87. The smallest absolute Gasteiger partial charge is 0.212 e. The van der Waals surface area contributed by atoms with Gasteiger partial charge in [-0.05, 0) is 48.2 Å². The molecule has 5 nitrogen and oxygen atoms in total. The number of nitriles is 1. The molecule has 1 aromatic carbocycles. The molecule has 1 fully saturated rings. The van der Waals surface area contributed by atoms with Crippen molar-refractivity contribution in [3.63, 3.8) is 0 Å². The molecule has 5 heteroatoms. The second kappa shape index (κ2) is 6.27. The fourth-order valence-electron chi connectivity index (χ4n) is 2.79. The van der Waals surface area contributed by atoms with Crippen molar-refractivity contribution >= 4 is 17.9 Å². The maximum atomic E-state index is 10.5. The molecule has 0 atom stereocenters. The Bertz CT molecular complexity index is 730. The molecule has 0 bridgehead atoms. The maximum absolute atomic E-state index is 10.5. The monoisotopic (exact) mass is 292 g/mol. The normalized spacial score (nSPS) is 13.7. The zero-order valence-corrected chi connectivity index (χ0v) is 12.1. The number of rotatable bonds is 4. The molecule has 0 aliphatic carbocycles. The van der Waals surface area contributed by atoms with E-state index in [9.17, 15) is 10.1 Å². The quantitative estimate of drug-likeness (QED) is 0.880. The molecule has 0 unspecified atom stereocenters. The molecule has 1 N–H and O–H groups in total. The Kier molecular flexibility index (Phi) is 4.01. The van der Waals surface area contributed by atoms with Gasteiger partial charge < -0.3 is 10.2 Å². The van der Waals surface area contributed by atoms with Crippen LogP contribution in [0.3, 0.4) is 0 Å². The Balaban J connectivity index is 1.96. The van der Waals surface area contributed by atoms with Crippen molar-refractivity contribution in [1.82, 2.24) is 4.98 Å². The lowest BCUT2D eigenvalue weighted by Crippen LogP contribution is -2.18. The molecule has 2 heterocycles. The highest BCUT2D eigenvalue weighted by molar-refractivity contribution is 5.76. The zero-order valence-electron chi connectivity index (χ0n) is 12.1. The zero-order chi connectivity index (χ0) is 15.4. The Morgan fingerprint density at radius 3 is 2.68 bits per heavy atom. The number of benzene rings is 1. The van der Waals surface area contributed by atoms with Crippen molar-refractivity contribution in [2.75, 3.05) is 23.3 Å². The van der Waals surface area contributed by atoms with Crippen LogP contribution in [0.4, 0.5) is 11.5 Å². The molecule has 0 spiro atoms.